The molecule has 0 aliphatic carbocycles. The molecule has 1 aliphatic rings. The van der Waals surface area contributed by atoms with E-state index in [0.717, 1.165) is 12.8 Å². The van der Waals surface area contributed by atoms with E-state index in [1.165, 1.54) is 0 Å². The lowest BCUT2D eigenvalue weighted by Gasteiger charge is -2.35. The largest absolute Gasteiger partial charge is 0.342 e. The normalized spacial score (nSPS) is 15.6. The summed E-state index contributed by atoms with van der Waals surface area (Å²) in [6, 6.07) is 5.27. The van der Waals surface area contributed by atoms with E-state index in [0.29, 0.717) is 40.2 Å². The third kappa shape index (κ3) is 4.32. The second-order valence-corrected chi connectivity index (χ2v) is 9.70. The van der Waals surface area contributed by atoms with Gasteiger partial charge in [0.2, 0.25) is 5.91 Å². The molecular formula is C21H24Cl2N6O2. The molecule has 10 heteroatoms. The second-order valence-electron chi connectivity index (χ2n) is 8.89. The van der Waals surface area contributed by atoms with E-state index in [2.05, 4.69) is 20.3 Å². The van der Waals surface area contributed by atoms with Crippen LogP contribution in [-0.2, 0) is 11.3 Å². The SMILES string of the molecule is CC(C)(C)C(=O)N1CCC(c2nc3c(nnn3Cc3c(Cl)cccc3Cl)c(=O)[nH]2)CC1. The minimum Gasteiger partial charge on any atom is -0.342 e. The van der Waals surface area contributed by atoms with Gasteiger partial charge in [-0.25, -0.2) is 9.67 Å². The first-order valence-electron chi connectivity index (χ1n) is 10.2. The van der Waals surface area contributed by atoms with Crippen molar-refractivity contribution >= 4 is 40.3 Å². The number of rotatable bonds is 3. The summed E-state index contributed by atoms with van der Waals surface area (Å²) in [5, 5.41) is 9.11. The summed E-state index contributed by atoms with van der Waals surface area (Å²) in [6.45, 7) is 7.29. The summed E-state index contributed by atoms with van der Waals surface area (Å²) < 4.78 is 1.54. The van der Waals surface area contributed by atoms with Crippen molar-refractivity contribution in [3.05, 3.63) is 50.0 Å². The van der Waals surface area contributed by atoms with E-state index in [1.54, 1.807) is 22.9 Å². The minimum absolute atomic E-state index is 0.0494. The Hall–Kier alpha value is -2.45. The highest BCUT2D eigenvalue weighted by molar-refractivity contribution is 6.36. The molecule has 0 saturated carbocycles. The van der Waals surface area contributed by atoms with Crippen LogP contribution in [0.5, 0.6) is 0 Å². The third-order valence-electron chi connectivity index (χ3n) is 5.57. The van der Waals surface area contributed by atoms with Crippen molar-refractivity contribution in [2.24, 2.45) is 5.41 Å². The van der Waals surface area contributed by atoms with Gasteiger partial charge >= 0.3 is 0 Å². The molecule has 2 aromatic heterocycles. The molecule has 1 aliphatic heterocycles. The topological polar surface area (TPSA) is 96.8 Å². The number of fused-ring (bicyclic) bond motifs is 1. The molecule has 164 valence electrons. The molecule has 4 rings (SSSR count). The van der Waals surface area contributed by atoms with Crippen molar-refractivity contribution in [3.8, 4) is 0 Å². The van der Waals surface area contributed by atoms with Gasteiger partial charge in [-0.2, -0.15) is 0 Å². The Kier molecular flexibility index (Phi) is 5.79. The lowest BCUT2D eigenvalue weighted by atomic mass is 9.90. The van der Waals surface area contributed by atoms with Gasteiger partial charge in [0.05, 0.1) is 6.54 Å². The predicted molar refractivity (Wildman–Crippen MR) is 120 cm³/mol. The molecule has 0 unspecified atom stereocenters. The highest BCUT2D eigenvalue weighted by Gasteiger charge is 2.31. The number of hydrogen-bond donors (Lipinski definition) is 1. The number of carbonyl (C=O) groups excluding carboxylic acids is 1. The van der Waals surface area contributed by atoms with Crippen LogP contribution in [-0.4, -0.2) is 48.9 Å². The van der Waals surface area contributed by atoms with E-state index >= 15 is 0 Å². The number of carbonyl (C=O) groups is 1. The molecule has 1 N–H and O–H groups in total. The monoisotopic (exact) mass is 462 g/mol. The van der Waals surface area contributed by atoms with Gasteiger partial charge in [-0.05, 0) is 25.0 Å². The minimum atomic E-state index is -0.406. The Balaban J connectivity index is 1.60. The zero-order chi connectivity index (χ0) is 22.3. The van der Waals surface area contributed by atoms with Gasteiger partial charge in [0.1, 0.15) is 5.82 Å². The van der Waals surface area contributed by atoms with Crippen molar-refractivity contribution in [2.45, 2.75) is 46.1 Å². The number of hydrogen-bond acceptors (Lipinski definition) is 5. The lowest BCUT2D eigenvalue weighted by molar-refractivity contribution is -0.140. The number of H-pyrrole nitrogens is 1. The van der Waals surface area contributed by atoms with Gasteiger partial charge < -0.3 is 9.88 Å². The summed E-state index contributed by atoms with van der Waals surface area (Å²) in [6.07, 6.45) is 1.46. The smallest absolute Gasteiger partial charge is 0.281 e. The van der Waals surface area contributed by atoms with Crippen molar-refractivity contribution in [3.63, 3.8) is 0 Å². The summed E-state index contributed by atoms with van der Waals surface area (Å²) in [7, 11) is 0. The Morgan fingerprint density at radius 1 is 1.19 bits per heavy atom. The van der Waals surface area contributed by atoms with Gasteiger partial charge in [-0.3, -0.25) is 9.59 Å². The van der Waals surface area contributed by atoms with Crippen LogP contribution in [0.2, 0.25) is 10.0 Å². The number of likely N-dealkylation sites (tertiary alicyclic amines) is 1. The highest BCUT2D eigenvalue weighted by atomic mass is 35.5. The van der Waals surface area contributed by atoms with E-state index < -0.39 is 5.41 Å². The van der Waals surface area contributed by atoms with Crippen LogP contribution in [0.25, 0.3) is 11.2 Å². The van der Waals surface area contributed by atoms with Crippen LogP contribution in [0.3, 0.4) is 0 Å². The molecule has 1 saturated heterocycles. The van der Waals surface area contributed by atoms with E-state index in [1.807, 2.05) is 25.7 Å². The molecule has 3 heterocycles. The maximum atomic E-state index is 12.6. The fourth-order valence-electron chi connectivity index (χ4n) is 3.85. The van der Waals surface area contributed by atoms with Crippen LogP contribution in [0.15, 0.2) is 23.0 Å². The first-order chi connectivity index (χ1) is 14.6. The van der Waals surface area contributed by atoms with Gasteiger partial charge in [0.25, 0.3) is 5.56 Å². The van der Waals surface area contributed by atoms with Gasteiger partial charge in [-0.1, -0.05) is 55.3 Å². The quantitative estimate of drug-likeness (QED) is 0.640. The van der Waals surface area contributed by atoms with Gasteiger partial charge in [0, 0.05) is 40.0 Å². The number of halogens is 2. The molecule has 0 radical (unpaired) electrons. The van der Waals surface area contributed by atoms with E-state index in [-0.39, 0.29) is 29.4 Å². The van der Waals surface area contributed by atoms with Crippen LogP contribution >= 0.6 is 23.2 Å². The summed E-state index contributed by atoms with van der Waals surface area (Å²) in [4.78, 5) is 34.6. The number of nitrogens with zero attached hydrogens (tertiary/aromatic N) is 5. The summed E-state index contributed by atoms with van der Waals surface area (Å²) >= 11 is 12.6. The van der Waals surface area contributed by atoms with Crippen LogP contribution < -0.4 is 5.56 Å². The molecule has 31 heavy (non-hydrogen) atoms. The van der Waals surface area contributed by atoms with Gasteiger partial charge in [0.15, 0.2) is 11.2 Å². The number of amides is 1. The molecule has 1 aromatic carbocycles. The average Bonchev–Trinajstić information content (AvgIpc) is 3.13. The summed E-state index contributed by atoms with van der Waals surface area (Å²) in [5.41, 5.74) is 0.520. The Morgan fingerprint density at radius 2 is 1.84 bits per heavy atom. The number of nitrogens with one attached hydrogen (secondary N) is 1. The Labute approximate surface area is 189 Å². The van der Waals surface area contributed by atoms with Crippen LogP contribution in [0, 0.1) is 5.41 Å². The van der Waals surface area contributed by atoms with Crippen molar-refractivity contribution in [2.75, 3.05) is 13.1 Å². The molecule has 1 amide bonds. The van der Waals surface area contributed by atoms with Crippen molar-refractivity contribution < 1.29 is 4.79 Å². The van der Waals surface area contributed by atoms with Crippen LogP contribution in [0.4, 0.5) is 0 Å². The zero-order valence-corrected chi connectivity index (χ0v) is 19.2. The standard InChI is InChI=1S/C21H24Cl2N6O2/c1-21(2,3)20(31)28-9-7-12(8-10-28)17-24-18-16(19(30)25-17)26-27-29(18)11-13-14(22)5-4-6-15(13)23/h4-6,12H,7-11H2,1-3H3,(H,24,25,30). The van der Waals surface area contributed by atoms with E-state index in [9.17, 15) is 9.59 Å². The van der Waals surface area contributed by atoms with Gasteiger partial charge in [-0.15, -0.1) is 5.10 Å². The van der Waals surface area contributed by atoms with Crippen molar-refractivity contribution in [1.82, 2.24) is 29.9 Å². The fourth-order valence-corrected chi connectivity index (χ4v) is 4.36. The first kappa shape index (κ1) is 21.8. The lowest BCUT2D eigenvalue weighted by Crippen LogP contribution is -2.44. The van der Waals surface area contributed by atoms with E-state index in [4.69, 9.17) is 23.2 Å². The Bertz CT molecular complexity index is 1170. The first-order valence-corrected chi connectivity index (χ1v) is 11.0. The summed E-state index contributed by atoms with van der Waals surface area (Å²) in [5.74, 6) is 0.782. The zero-order valence-electron chi connectivity index (χ0n) is 17.7. The number of aromatic nitrogens is 5. The number of aromatic amines is 1. The molecule has 0 atom stereocenters. The molecular weight excluding hydrogens is 439 g/mol. The second kappa shape index (κ2) is 8.24. The molecule has 1 fully saturated rings. The molecule has 8 nitrogen and oxygen atoms in total. The Morgan fingerprint density at radius 3 is 2.45 bits per heavy atom. The third-order valence-corrected chi connectivity index (χ3v) is 6.28. The highest BCUT2D eigenvalue weighted by Crippen LogP contribution is 2.29. The average molecular weight is 463 g/mol. The molecule has 3 aromatic rings. The maximum Gasteiger partial charge on any atom is 0.281 e. The molecule has 0 bridgehead atoms. The predicted octanol–water partition coefficient (Wildman–Crippen LogP) is 3.62. The maximum absolute atomic E-state index is 12.6. The fraction of sp³-hybridized carbons (Fsp3) is 0.476. The number of piperidine rings is 1. The molecule has 0 spiro atoms. The van der Waals surface area contributed by atoms with Crippen LogP contribution in [0.1, 0.15) is 50.9 Å². The number of benzene rings is 1. The van der Waals surface area contributed by atoms with Crippen molar-refractivity contribution in [1.29, 1.82) is 0 Å².